The van der Waals surface area contributed by atoms with Crippen molar-refractivity contribution >= 4 is 29.2 Å². The quantitative estimate of drug-likeness (QED) is 0.774. The number of rotatable bonds is 6. The van der Waals surface area contributed by atoms with E-state index < -0.39 is 0 Å². The molecule has 2 aromatic rings. The largest absolute Gasteiger partial charge is 0.461 e. The van der Waals surface area contributed by atoms with Crippen molar-refractivity contribution in [3.8, 4) is 0 Å². The van der Waals surface area contributed by atoms with Gasteiger partial charge < -0.3 is 15.0 Å². The summed E-state index contributed by atoms with van der Waals surface area (Å²) in [5, 5.41) is 3.30. The fraction of sp³-hybridized carbons (Fsp3) is 0.333. The van der Waals surface area contributed by atoms with Crippen LogP contribution >= 0.6 is 11.6 Å². The molecule has 128 valence electrons. The van der Waals surface area contributed by atoms with Crippen molar-refractivity contribution in [3.05, 3.63) is 51.8 Å². The first-order chi connectivity index (χ1) is 11.4. The van der Waals surface area contributed by atoms with E-state index in [1.165, 1.54) is 0 Å². The van der Waals surface area contributed by atoms with Crippen LogP contribution in [0.5, 0.6) is 0 Å². The highest BCUT2D eigenvalue weighted by molar-refractivity contribution is 6.33. The number of hydrogen-bond donors (Lipinski definition) is 2. The maximum Gasteiger partial charge on any atom is 0.355 e. The van der Waals surface area contributed by atoms with Crippen LogP contribution in [-0.2, 0) is 16.0 Å². The minimum atomic E-state index is -0.370. The van der Waals surface area contributed by atoms with Crippen molar-refractivity contribution in [1.29, 1.82) is 0 Å². The van der Waals surface area contributed by atoms with Crippen LogP contribution in [0.1, 0.15) is 40.7 Å². The predicted octanol–water partition coefficient (Wildman–Crippen LogP) is 4.03. The monoisotopic (exact) mass is 348 g/mol. The first-order valence-corrected chi connectivity index (χ1v) is 8.21. The number of para-hydroxylation sites is 1. The molecule has 1 heterocycles. The molecule has 0 aliphatic rings. The van der Waals surface area contributed by atoms with Crippen molar-refractivity contribution in [2.75, 3.05) is 11.9 Å². The molecule has 0 saturated carbocycles. The molecule has 1 aromatic carbocycles. The average molecular weight is 349 g/mol. The Bertz CT molecular complexity index is 753. The number of nitrogens with one attached hydrogen (secondary N) is 2. The smallest absolute Gasteiger partial charge is 0.355 e. The standard InChI is InChI=1S/C18H21ClN2O3/c1-4-24-18(23)17-11(2)13(12(3)20-17)9-10-16(22)21-15-8-6-5-7-14(15)19/h5-8,20H,4,9-10H2,1-3H3,(H,21,22). The number of aromatic nitrogens is 1. The summed E-state index contributed by atoms with van der Waals surface area (Å²) >= 11 is 6.03. The summed E-state index contributed by atoms with van der Waals surface area (Å²) in [6, 6.07) is 7.10. The number of benzene rings is 1. The Kier molecular flexibility index (Phi) is 6.04. The molecule has 0 unspecified atom stereocenters. The molecule has 0 saturated heterocycles. The molecule has 0 bridgehead atoms. The topological polar surface area (TPSA) is 71.2 Å². The van der Waals surface area contributed by atoms with E-state index in [0.29, 0.717) is 35.9 Å². The molecular formula is C18H21ClN2O3. The second-order valence-corrected chi connectivity index (χ2v) is 5.88. The summed E-state index contributed by atoms with van der Waals surface area (Å²) in [7, 11) is 0. The summed E-state index contributed by atoms with van der Waals surface area (Å²) < 4.78 is 5.03. The molecule has 1 aromatic heterocycles. The van der Waals surface area contributed by atoms with Crippen LogP contribution in [0.25, 0.3) is 0 Å². The molecule has 0 aliphatic heterocycles. The highest BCUT2D eigenvalue weighted by Gasteiger charge is 2.18. The molecule has 6 heteroatoms. The molecular weight excluding hydrogens is 328 g/mol. The van der Waals surface area contributed by atoms with E-state index in [1.54, 1.807) is 25.1 Å². The van der Waals surface area contributed by atoms with Crippen LogP contribution in [0.15, 0.2) is 24.3 Å². The van der Waals surface area contributed by atoms with E-state index in [-0.39, 0.29) is 11.9 Å². The van der Waals surface area contributed by atoms with Crippen LogP contribution in [0.2, 0.25) is 5.02 Å². The average Bonchev–Trinajstić information content (AvgIpc) is 2.82. The second-order valence-electron chi connectivity index (χ2n) is 5.48. The number of H-pyrrole nitrogens is 1. The molecule has 0 atom stereocenters. The number of carbonyl (C=O) groups is 2. The first-order valence-electron chi connectivity index (χ1n) is 7.83. The molecule has 5 nitrogen and oxygen atoms in total. The van der Waals surface area contributed by atoms with Gasteiger partial charge >= 0.3 is 5.97 Å². The molecule has 2 N–H and O–H groups in total. The minimum absolute atomic E-state index is 0.124. The normalized spacial score (nSPS) is 10.5. The zero-order chi connectivity index (χ0) is 17.7. The van der Waals surface area contributed by atoms with Crippen LogP contribution in [0.4, 0.5) is 5.69 Å². The number of amides is 1. The fourth-order valence-corrected chi connectivity index (χ4v) is 2.77. The van der Waals surface area contributed by atoms with Gasteiger partial charge in [0.1, 0.15) is 5.69 Å². The third-order valence-electron chi connectivity index (χ3n) is 3.82. The van der Waals surface area contributed by atoms with Gasteiger partial charge in [-0.25, -0.2) is 4.79 Å². The summed E-state index contributed by atoms with van der Waals surface area (Å²) in [5.74, 6) is -0.495. The zero-order valence-corrected chi connectivity index (χ0v) is 14.8. The molecule has 2 rings (SSSR count). The Morgan fingerprint density at radius 2 is 1.96 bits per heavy atom. The van der Waals surface area contributed by atoms with Crippen LogP contribution in [-0.4, -0.2) is 23.5 Å². The summed E-state index contributed by atoms with van der Waals surface area (Å²) in [6.07, 6.45) is 0.830. The Morgan fingerprint density at radius 3 is 2.62 bits per heavy atom. The van der Waals surface area contributed by atoms with Gasteiger partial charge in [-0.1, -0.05) is 23.7 Å². The predicted molar refractivity (Wildman–Crippen MR) is 94.6 cm³/mol. The summed E-state index contributed by atoms with van der Waals surface area (Å²) in [6.45, 7) is 5.84. The van der Waals surface area contributed by atoms with E-state index in [4.69, 9.17) is 16.3 Å². The molecule has 0 aliphatic carbocycles. The molecule has 0 spiro atoms. The van der Waals surface area contributed by atoms with Gasteiger partial charge in [0.05, 0.1) is 17.3 Å². The van der Waals surface area contributed by atoms with Crippen LogP contribution in [0.3, 0.4) is 0 Å². The number of aryl methyl sites for hydroxylation is 1. The lowest BCUT2D eigenvalue weighted by molar-refractivity contribution is -0.116. The lowest BCUT2D eigenvalue weighted by Crippen LogP contribution is -2.13. The zero-order valence-electron chi connectivity index (χ0n) is 14.0. The maximum absolute atomic E-state index is 12.1. The lowest BCUT2D eigenvalue weighted by atomic mass is 10.0. The molecule has 0 fully saturated rings. The number of hydrogen-bond acceptors (Lipinski definition) is 3. The van der Waals surface area contributed by atoms with Gasteiger partial charge in [-0.3, -0.25) is 4.79 Å². The van der Waals surface area contributed by atoms with E-state index in [0.717, 1.165) is 16.8 Å². The highest BCUT2D eigenvalue weighted by Crippen LogP contribution is 2.22. The SMILES string of the molecule is CCOC(=O)c1[nH]c(C)c(CCC(=O)Nc2ccccc2Cl)c1C. The first kappa shape index (κ1) is 18.1. The van der Waals surface area contributed by atoms with E-state index in [1.807, 2.05) is 19.9 Å². The van der Waals surface area contributed by atoms with E-state index >= 15 is 0 Å². The van der Waals surface area contributed by atoms with Gasteiger partial charge in [-0.2, -0.15) is 0 Å². The van der Waals surface area contributed by atoms with Gasteiger partial charge in [0.25, 0.3) is 0 Å². The van der Waals surface area contributed by atoms with Gasteiger partial charge in [0, 0.05) is 12.1 Å². The van der Waals surface area contributed by atoms with Crippen molar-refractivity contribution < 1.29 is 14.3 Å². The van der Waals surface area contributed by atoms with Crippen molar-refractivity contribution in [2.45, 2.75) is 33.6 Å². The number of halogens is 1. The number of esters is 1. The number of carbonyl (C=O) groups excluding carboxylic acids is 2. The van der Waals surface area contributed by atoms with Crippen LogP contribution in [0, 0.1) is 13.8 Å². The maximum atomic E-state index is 12.1. The highest BCUT2D eigenvalue weighted by atomic mass is 35.5. The van der Waals surface area contributed by atoms with Gasteiger partial charge in [0.2, 0.25) is 5.91 Å². The third-order valence-corrected chi connectivity index (χ3v) is 4.15. The Labute approximate surface area is 146 Å². The third kappa shape index (κ3) is 4.17. The van der Waals surface area contributed by atoms with Gasteiger partial charge in [-0.05, 0) is 50.5 Å². The van der Waals surface area contributed by atoms with E-state index in [9.17, 15) is 9.59 Å². The fourth-order valence-electron chi connectivity index (χ4n) is 2.59. The van der Waals surface area contributed by atoms with Crippen molar-refractivity contribution in [1.82, 2.24) is 4.98 Å². The minimum Gasteiger partial charge on any atom is -0.461 e. The Morgan fingerprint density at radius 1 is 1.25 bits per heavy atom. The summed E-state index contributed by atoms with van der Waals surface area (Å²) in [5.41, 5.74) is 3.72. The lowest BCUT2D eigenvalue weighted by Gasteiger charge is -2.07. The van der Waals surface area contributed by atoms with Gasteiger partial charge in [0.15, 0.2) is 0 Å². The van der Waals surface area contributed by atoms with Crippen molar-refractivity contribution in [3.63, 3.8) is 0 Å². The molecule has 1 amide bonds. The van der Waals surface area contributed by atoms with Crippen LogP contribution < -0.4 is 5.32 Å². The molecule has 0 radical (unpaired) electrons. The second kappa shape index (κ2) is 8.02. The van der Waals surface area contributed by atoms with E-state index in [2.05, 4.69) is 10.3 Å². The number of ether oxygens (including phenoxy) is 1. The Balaban J connectivity index is 2.03. The summed E-state index contributed by atoms with van der Waals surface area (Å²) in [4.78, 5) is 27.1. The number of anilines is 1. The molecule has 24 heavy (non-hydrogen) atoms. The Hall–Kier alpha value is -2.27. The number of aromatic amines is 1. The van der Waals surface area contributed by atoms with Crippen molar-refractivity contribution in [2.24, 2.45) is 0 Å². The van der Waals surface area contributed by atoms with Gasteiger partial charge in [-0.15, -0.1) is 0 Å².